The SMILES string of the molecule is Cn1cc(Cl)cc1C(=O)N1CCC2(CC1)CC(C)(O)CCO2. The number of hydrogen-bond acceptors (Lipinski definition) is 3. The number of hydrogen-bond donors (Lipinski definition) is 1. The molecule has 2 aliphatic rings. The summed E-state index contributed by atoms with van der Waals surface area (Å²) < 4.78 is 7.74. The van der Waals surface area contributed by atoms with Crippen LogP contribution in [0.5, 0.6) is 0 Å². The topological polar surface area (TPSA) is 54.7 Å². The Morgan fingerprint density at radius 2 is 2.05 bits per heavy atom. The zero-order valence-electron chi connectivity index (χ0n) is 13.1. The fraction of sp³-hybridized carbons (Fsp3) is 0.688. The van der Waals surface area contributed by atoms with E-state index in [1.165, 1.54) is 0 Å². The van der Waals surface area contributed by atoms with Gasteiger partial charge in [-0.1, -0.05) is 11.6 Å². The predicted octanol–water partition coefficient (Wildman–Crippen LogP) is 2.21. The van der Waals surface area contributed by atoms with Gasteiger partial charge in [0, 0.05) is 32.8 Å². The predicted molar refractivity (Wildman–Crippen MR) is 84.1 cm³/mol. The van der Waals surface area contributed by atoms with E-state index in [1.54, 1.807) is 16.8 Å². The molecule has 1 atom stereocenters. The maximum atomic E-state index is 12.6. The Kier molecular flexibility index (Phi) is 4.00. The van der Waals surface area contributed by atoms with Crippen LogP contribution < -0.4 is 0 Å². The van der Waals surface area contributed by atoms with Crippen LogP contribution in [-0.2, 0) is 11.8 Å². The Morgan fingerprint density at radius 3 is 2.59 bits per heavy atom. The third kappa shape index (κ3) is 3.03. The normalized spacial score (nSPS) is 28.1. The van der Waals surface area contributed by atoms with E-state index in [0.29, 0.717) is 43.3 Å². The van der Waals surface area contributed by atoms with Crippen molar-refractivity contribution in [2.75, 3.05) is 19.7 Å². The summed E-state index contributed by atoms with van der Waals surface area (Å²) in [6, 6.07) is 1.70. The Labute approximate surface area is 135 Å². The minimum atomic E-state index is -0.657. The van der Waals surface area contributed by atoms with Crippen molar-refractivity contribution in [2.45, 2.75) is 43.8 Å². The van der Waals surface area contributed by atoms with Crippen LogP contribution in [0.1, 0.15) is 43.1 Å². The van der Waals surface area contributed by atoms with E-state index in [-0.39, 0.29) is 11.5 Å². The summed E-state index contributed by atoms with van der Waals surface area (Å²) >= 11 is 5.96. The van der Waals surface area contributed by atoms with Crippen LogP contribution in [-0.4, -0.2) is 51.4 Å². The Balaban J connectivity index is 1.67. The minimum absolute atomic E-state index is 0.00631. The van der Waals surface area contributed by atoms with Gasteiger partial charge in [-0.15, -0.1) is 0 Å². The summed E-state index contributed by atoms with van der Waals surface area (Å²) in [5, 5.41) is 10.9. The lowest BCUT2D eigenvalue weighted by Gasteiger charge is -2.48. The number of carbonyl (C=O) groups is 1. The van der Waals surface area contributed by atoms with Crippen LogP contribution in [0.3, 0.4) is 0 Å². The number of aryl methyl sites for hydroxylation is 1. The van der Waals surface area contributed by atoms with Crippen LogP contribution in [0.15, 0.2) is 12.3 Å². The lowest BCUT2D eigenvalue weighted by Crippen LogP contribution is -2.54. The highest BCUT2D eigenvalue weighted by molar-refractivity contribution is 6.31. The molecular weight excluding hydrogens is 304 g/mol. The van der Waals surface area contributed by atoms with Gasteiger partial charge in [0.15, 0.2) is 0 Å². The van der Waals surface area contributed by atoms with Crippen molar-refractivity contribution < 1.29 is 14.6 Å². The first-order chi connectivity index (χ1) is 10.3. The molecule has 2 fully saturated rings. The van der Waals surface area contributed by atoms with Gasteiger partial charge in [0.2, 0.25) is 0 Å². The number of amides is 1. The van der Waals surface area contributed by atoms with Gasteiger partial charge in [-0.05, 0) is 32.3 Å². The highest BCUT2D eigenvalue weighted by atomic mass is 35.5. The quantitative estimate of drug-likeness (QED) is 0.861. The zero-order valence-corrected chi connectivity index (χ0v) is 13.9. The van der Waals surface area contributed by atoms with E-state index in [9.17, 15) is 9.90 Å². The van der Waals surface area contributed by atoms with Gasteiger partial charge < -0.3 is 19.3 Å². The highest BCUT2D eigenvalue weighted by Gasteiger charge is 2.45. The number of piperidine rings is 1. The summed E-state index contributed by atoms with van der Waals surface area (Å²) in [6.07, 6.45) is 4.61. The van der Waals surface area contributed by atoms with Gasteiger partial charge in [-0.2, -0.15) is 0 Å². The van der Waals surface area contributed by atoms with Crippen molar-refractivity contribution in [3.05, 3.63) is 23.0 Å². The summed E-state index contributed by atoms with van der Waals surface area (Å²) in [7, 11) is 1.83. The molecule has 0 saturated carbocycles. The second-order valence-corrected chi connectivity index (χ2v) is 7.34. The summed E-state index contributed by atoms with van der Waals surface area (Å²) in [5.41, 5.74) is -0.321. The van der Waals surface area contributed by atoms with Crippen molar-refractivity contribution in [3.63, 3.8) is 0 Å². The Bertz CT molecular complexity index is 574. The van der Waals surface area contributed by atoms with Gasteiger partial charge in [0.05, 0.1) is 22.8 Å². The average molecular weight is 327 g/mol. The van der Waals surface area contributed by atoms with Crippen molar-refractivity contribution in [1.82, 2.24) is 9.47 Å². The number of nitrogens with zero attached hydrogens (tertiary/aromatic N) is 2. The molecule has 5 nitrogen and oxygen atoms in total. The molecule has 0 aromatic carbocycles. The first kappa shape index (κ1) is 15.8. The average Bonchev–Trinajstić information content (AvgIpc) is 2.76. The molecule has 0 radical (unpaired) electrons. The summed E-state index contributed by atoms with van der Waals surface area (Å²) in [6.45, 7) is 3.77. The lowest BCUT2D eigenvalue weighted by molar-refractivity contribution is -0.170. The van der Waals surface area contributed by atoms with Crippen molar-refractivity contribution in [3.8, 4) is 0 Å². The van der Waals surface area contributed by atoms with Gasteiger partial charge in [0.25, 0.3) is 5.91 Å². The van der Waals surface area contributed by atoms with Gasteiger partial charge >= 0.3 is 0 Å². The minimum Gasteiger partial charge on any atom is -0.390 e. The number of aliphatic hydroxyl groups is 1. The number of aromatic nitrogens is 1. The van der Waals surface area contributed by atoms with E-state index in [2.05, 4.69) is 0 Å². The van der Waals surface area contributed by atoms with Crippen LogP contribution in [0, 0.1) is 0 Å². The number of rotatable bonds is 1. The largest absolute Gasteiger partial charge is 0.390 e. The molecule has 0 aliphatic carbocycles. The van der Waals surface area contributed by atoms with Gasteiger partial charge in [-0.25, -0.2) is 0 Å². The Hall–Kier alpha value is -1.04. The third-order valence-electron chi connectivity index (χ3n) is 4.90. The number of carbonyl (C=O) groups excluding carboxylic acids is 1. The smallest absolute Gasteiger partial charge is 0.270 e. The molecule has 0 bridgehead atoms. The maximum absolute atomic E-state index is 12.6. The molecule has 2 aliphatic heterocycles. The standard InChI is InChI=1S/C16H23ClN2O3/c1-15(21)5-8-22-16(11-15)3-6-19(7-4-16)14(20)13-9-12(17)10-18(13)2/h9-10,21H,3-8,11H2,1-2H3. The molecule has 1 N–H and O–H groups in total. The van der Waals surface area contributed by atoms with E-state index < -0.39 is 5.60 Å². The van der Waals surface area contributed by atoms with Crippen LogP contribution in [0.2, 0.25) is 5.02 Å². The fourth-order valence-corrected chi connectivity index (χ4v) is 3.91. The molecule has 3 heterocycles. The zero-order chi connectivity index (χ0) is 16.0. The molecule has 1 amide bonds. The summed E-state index contributed by atoms with van der Waals surface area (Å²) in [4.78, 5) is 14.4. The number of likely N-dealkylation sites (tertiary alicyclic amines) is 1. The lowest BCUT2D eigenvalue weighted by atomic mass is 9.78. The molecule has 6 heteroatoms. The first-order valence-electron chi connectivity index (χ1n) is 7.78. The number of ether oxygens (including phenoxy) is 1. The first-order valence-corrected chi connectivity index (χ1v) is 8.16. The molecule has 2 saturated heterocycles. The molecule has 1 aromatic heterocycles. The van der Waals surface area contributed by atoms with E-state index in [4.69, 9.17) is 16.3 Å². The maximum Gasteiger partial charge on any atom is 0.270 e. The molecule has 1 aromatic rings. The van der Waals surface area contributed by atoms with E-state index in [0.717, 1.165) is 12.8 Å². The monoisotopic (exact) mass is 326 g/mol. The van der Waals surface area contributed by atoms with Gasteiger partial charge in [-0.3, -0.25) is 4.79 Å². The Morgan fingerprint density at radius 1 is 1.36 bits per heavy atom. The van der Waals surface area contributed by atoms with Crippen LogP contribution >= 0.6 is 11.6 Å². The number of halogens is 1. The van der Waals surface area contributed by atoms with Crippen molar-refractivity contribution >= 4 is 17.5 Å². The van der Waals surface area contributed by atoms with Crippen LogP contribution in [0.4, 0.5) is 0 Å². The van der Waals surface area contributed by atoms with Crippen molar-refractivity contribution in [1.29, 1.82) is 0 Å². The van der Waals surface area contributed by atoms with Crippen LogP contribution in [0.25, 0.3) is 0 Å². The molecule has 122 valence electrons. The van der Waals surface area contributed by atoms with Crippen molar-refractivity contribution in [2.24, 2.45) is 7.05 Å². The molecular formula is C16H23ClN2O3. The molecule has 3 rings (SSSR count). The molecule has 1 spiro atoms. The molecule has 1 unspecified atom stereocenters. The van der Waals surface area contributed by atoms with E-state index >= 15 is 0 Å². The third-order valence-corrected chi connectivity index (χ3v) is 5.11. The van der Waals surface area contributed by atoms with Gasteiger partial charge in [0.1, 0.15) is 5.69 Å². The summed E-state index contributed by atoms with van der Waals surface area (Å²) in [5.74, 6) is 0.00631. The molecule has 22 heavy (non-hydrogen) atoms. The highest BCUT2D eigenvalue weighted by Crippen LogP contribution is 2.39. The second-order valence-electron chi connectivity index (χ2n) is 6.90. The second kappa shape index (κ2) is 5.55. The fourth-order valence-electron chi connectivity index (χ4n) is 3.66. The van der Waals surface area contributed by atoms with E-state index in [1.807, 2.05) is 18.9 Å².